The standard InChI is InChI=1S/C15H23N3/c1-5-10-18(11-8-15(2,3)4)14-13(12-16)7-6-9-17-14/h6-7,9H,5,8,10-11H2,1-4H3. The molecule has 1 rings (SSSR count). The van der Waals surface area contributed by atoms with E-state index >= 15 is 0 Å². The fourth-order valence-electron chi connectivity index (χ4n) is 1.80. The second-order valence-electron chi connectivity index (χ2n) is 5.78. The van der Waals surface area contributed by atoms with E-state index in [-0.39, 0.29) is 0 Å². The van der Waals surface area contributed by atoms with Gasteiger partial charge in [0.1, 0.15) is 11.9 Å². The fraction of sp³-hybridized carbons (Fsp3) is 0.600. The van der Waals surface area contributed by atoms with Gasteiger partial charge < -0.3 is 4.90 Å². The first-order valence-electron chi connectivity index (χ1n) is 6.58. The summed E-state index contributed by atoms with van der Waals surface area (Å²) in [6, 6.07) is 5.88. The highest BCUT2D eigenvalue weighted by molar-refractivity contribution is 5.53. The minimum Gasteiger partial charge on any atom is -0.356 e. The lowest BCUT2D eigenvalue weighted by Crippen LogP contribution is -2.29. The summed E-state index contributed by atoms with van der Waals surface area (Å²) in [4.78, 5) is 6.60. The molecular weight excluding hydrogens is 222 g/mol. The van der Waals surface area contributed by atoms with E-state index in [1.165, 1.54) is 0 Å². The molecule has 0 amide bonds. The molecule has 0 atom stereocenters. The smallest absolute Gasteiger partial charge is 0.146 e. The number of pyridine rings is 1. The lowest BCUT2D eigenvalue weighted by molar-refractivity contribution is 0.378. The van der Waals surface area contributed by atoms with E-state index in [0.29, 0.717) is 11.0 Å². The second kappa shape index (κ2) is 6.39. The molecule has 0 bridgehead atoms. The molecule has 0 spiro atoms. The molecule has 18 heavy (non-hydrogen) atoms. The van der Waals surface area contributed by atoms with Crippen LogP contribution in [-0.4, -0.2) is 18.1 Å². The minimum atomic E-state index is 0.299. The van der Waals surface area contributed by atoms with Gasteiger partial charge in [-0.05, 0) is 30.4 Å². The summed E-state index contributed by atoms with van der Waals surface area (Å²) in [6.45, 7) is 10.8. The van der Waals surface area contributed by atoms with E-state index < -0.39 is 0 Å². The molecule has 0 aromatic carbocycles. The predicted octanol–water partition coefficient (Wildman–Crippen LogP) is 3.61. The van der Waals surface area contributed by atoms with E-state index in [1.54, 1.807) is 6.20 Å². The van der Waals surface area contributed by atoms with Crippen molar-refractivity contribution in [3.05, 3.63) is 23.9 Å². The molecule has 0 radical (unpaired) electrons. The van der Waals surface area contributed by atoms with E-state index in [0.717, 1.165) is 31.7 Å². The Morgan fingerprint density at radius 1 is 1.33 bits per heavy atom. The molecule has 0 saturated heterocycles. The summed E-state index contributed by atoms with van der Waals surface area (Å²) in [7, 11) is 0. The molecule has 0 aliphatic heterocycles. The van der Waals surface area contributed by atoms with Crippen LogP contribution in [-0.2, 0) is 0 Å². The Bertz CT molecular complexity index is 412. The quantitative estimate of drug-likeness (QED) is 0.795. The Labute approximate surface area is 110 Å². The molecule has 0 N–H and O–H groups in total. The third kappa shape index (κ3) is 4.37. The third-order valence-electron chi connectivity index (χ3n) is 2.83. The van der Waals surface area contributed by atoms with Gasteiger partial charge in [0.15, 0.2) is 0 Å². The van der Waals surface area contributed by atoms with Crippen LogP contribution in [0.5, 0.6) is 0 Å². The zero-order chi connectivity index (χ0) is 13.6. The van der Waals surface area contributed by atoms with Crippen LogP contribution in [0.1, 0.15) is 46.1 Å². The van der Waals surface area contributed by atoms with Gasteiger partial charge in [0.25, 0.3) is 0 Å². The van der Waals surface area contributed by atoms with Gasteiger partial charge in [-0.2, -0.15) is 5.26 Å². The van der Waals surface area contributed by atoms with Gasteiger partial charge in [-0.25, -0.2) is 4.98 Å². The predicted molar refractivity (Wildman–Crippen MR) is 75.5 cm³/mol. The van der Waals surface area contributed by atoms with Crippen molar-refractivity contribution in [2.75, 3.05) is 18.0 Å². The molecule has 0 unspecified atom stereocenters. The SMILES string of the molecule is CCCN(CCC(C)(C)C)c1ncccc1C#N. The maximum atomic E-state index is 9.15. The first kappa shape index (κ1) is 14.5. The Balaban J connectivity index is 2.87. The third-order valence-corrected chi connectivity index (χ3v) is 2.83. The van der Waals surface area contributed by atoms with Crippen LogP contribution >= 0.6 is 0 Å². The summed E-state index contributed by atoms with van der Waals surface area (Å²) < 4.78 is 0. The molecule has 0 aliphatic rings. The Kier molecular flexibility index (Phi) is 5.15. The summed E-state index contributed by atoms with van der Waals surface area (Å²) in [6.07, 6.45) is 3.91. The molecule has 1 aromatic rings. The molecule has 3 heteroatoms. The maximum absolute atomic E-state index is 9.15. The zero-order valence-corrected chi connectivity index (χ0v) is 11.9. The van der Waals surface area contributed by atoms with E-state index in [9.17, 15) is 0 Å². The van der Waals surface area contributed by atoms with Crippen molar-refractivity contribution in [2.45, 2.75) is 40.5 Å². The van der Waals surface area contributed by atoms with Crippen molar-refractivity contribution in [2.24, 2.45) is 5.41 Å². The second-order valence-corrected chi connectivity index (χ2v) is 5.78. The summed E-state index contributed by atoms with van der Waals surface area (Å²) >= 11 is 0. The van der Waals surface area contributed by atoms with Crippen molar-refractivity contribution in [3.8, 4) is 6.07 Å². The minimum absolute atomic E-state index is 0.299. The summed E-state index contributed by atoms with van der Waals surface area (Å²) in [5.74, 6) is 0.825. The molecule has 0 fully saturated rings. The highest BCUT2D eigenvalue weighted by Gasteiger charge is 2.16. The number of aromatic nitrogens is 1. The first-order chi connectivity index (χ1) is 8.48. The topological polar surface area (TPSA) is 39.9 Å². The van der Waals surface area contributed by atoms with Crippen molar-refractivity contribution in [3.63, 3.8) is 0 Å². The van der Waals surface area contributed by atoms with Gasteiger partial charge in [-0.1, -0.05) is 27.7 Å². The zero-order valence-electron chi connectivity index (χ0n) is 11.9. The van der Waals surface area contributed by atoms with Crippen molar-refractivity contribution in [1.29, 1.82) is 5.26 Å². The van der Waals surface area contributed by atoms with Crippen LogP contribution in [0, 0.1) is 16.7 Å². The summed E-state index contributed by atoms with van der Waals surface area (Å²) in [5.41, 5.74) is 0.966. The van der Waals surface area contributed by atoms with Crippen molar-refractivity contribution < 1.29 is 0 Å². The van der Waals surface area contributed by atoms with E-state index in [2.05, 4.69) is 43.6 Å². The lowest BCUT2D eigenvalue weighted by Gasteiger charge is -2.28. The number of rotatable bonds is 5. The molecular formula is C15H23N3. The summed E-state index contributed by atoms with van der Waals surface area (Å²) in [5, 5.41) is 9.15. The molecule has 98 valence electrons. The number of hydrogen-bond acceptors (Lipinski definition) is 3. The number of anilines is 1. The highest BCUT2D eigenvalue weighted by Crippen LogP contribution is 2.22. The number of nitrogens with zero attached hydrogens (tertiary/aromatic N) is 3. The molecule has 1 aromatic heterocycles. The monoisotopic (exact) mass is 245 g/mol. The van der Waals surface area contributed by atoms with E-state index in [1.807, 2.05) is 12.1 Å². The highest BCUT2D eigenvalue weighted by atomic mass is 15.2. The number of nitriles is 1. The van der Waals surface area contributed by atoms with Crippen LogP contribution in [0.3, 0.4) is 0 Å². The fourth-order valence-corrected chi connectivity index (χ4v) is 1.80. The molecule has 1 heterocycles. The van der Waals surface area contributed by atoms with Crippen LogP contribution in [0.15, 0.2) is 18.3 Å². The van der Waals surface area contributed by atoms with Crippen LogP contribution in [0.2, 0.25) is 0 Å². The van der Waals surface area contributed by atoms with Crippen LogP contribution in [0.25, 0.3) is 0 Å². The van der Waals surface area contributed by atoms with Gasteiger partial charge in [0.05, 0.1) is 5.56 Å². The normalized spacial score (nSPS) is 11.1. The van der Waals surface area contributed by atoms with E-state index in [4.69, 9.17) is 5.26 Å². The first-order valence-corrected chi connectivity index (χ1v) is 6.58. The van der Waals surface area contributed by atoms with Gasteiger partial charge in [-0.3, -0.25) is 0 Å². The Morgan fingerprint density at radius 3 is 2.61 bits per heavy atom. The lowest BCUT2D eigenvalue weighted by atomic mass is 9.92. The van der Waals surface area contributed by atoms with Gasteiger partial charge in [0.2, 0.25) is 0 Å². The molecule has 0 saturated carbocycles. The maximum Gasteiger partial charge on any atom is 0.146 e. The van der Waals surface area contributed by atoms with Crippen molar-refractivity contribution >= 4 is 5.82 Å². The Hall–Kier alpha value is -1.56. The van der Waals surface area contributed by atoms with Gasteiger partial charge in [0, 0.05) is 19.3 Å². The average Bonchev–Trinajstić information content (AvgIpc) is 2.33. The number of hydrogen-bond donors (Lipinski definition) is 0. The molecule has 0 aliphatic carbocycles. The van der Waals surface area contributed by atoms with Crippen molar-refractivity contribution in [1.82, 2.24) is 4.98 Å². The Morgan fingerprint density at radius 2 is 2.06 bits per heavy atom. The average molecular weight is 245 g/mol. The van der Waals surface area contributed by atoms with Crippen LogP contribution < -0.4 is 4.90 Å². The largest absolute Gasteiger partial charge is 0.356 e. The molecule has 3 nitrogen and oxygen atoms in total. The van der Waals surface area contributed by atoms with Crippen LogP contribution in [0.4, 0.5) is 5.82 Å². The van der Waals surface area contributed by atoms with Gasteiger partial charge >= 0.3 is 0 Å². The van der Waals surface area contributed by atoms with Gasteiger partial charge in [-0.15, -0.1) is 0 Å².